The molecule has 0 aliphatic rings. The van der Waals surface area contributed by atoms with E-state index in [-0.39, 0.29) is 18.2 Å². The normalized spacial score (nSPS) is 11.7. The number of nitrogens with one attached hydrogen (secondary N) is 1. The summed E-state index contributed by atoms with van der Waals surface area (Å²) in [6.07, 6.45) is 2.30. The first-order valence-corrected chi connectivity index (χ1v) is 10.3. The van der Waals surface area contributed by atoms with Gasteiger partial charge in [0.1, 0.15) is 11.9 Å². The minimum Gasteiger partial charge on any atom is -0.354 e. The number of rotatable bonds is 10. The second-order valence-electron chi connectivity index (χ2n) is 7.34. The molecular weight excluding hydrogens is 367 g/mol. The van der Waals surface area contributed by atoms with E-state index in [1.165, 1.54) is 6.07 Å². The molecule has 0 aliphatic carbocycles. The van der Waals surface area contributed by atoms with E-state index in [1.54, 1.807) is 23.1 Å². The molecule has 5 heteroatoms. The number of nitrogens with zero attached hydrogens (tertiary/aromatic N) is 1. The van der Waals surface area contributed by atoms with Gasteiger partial charge in [-0.2, -0.15) is 0 Å². The molecular formula is C24H31FN2O2. The molecule has 0 heterocycles. The highest BCUT2D eigenvalue weighted by Gasteiger charge is 2.28. The average molecular weight is 399 g/mol. The molecule has 0 aliphatic heterocycles. The van der Waals surface area contributed by atoms with Crippen molar-refractivity contribution in [2.75, 3.05) is 6.54 Å². The summed E-state index contributed by atoms with van der Waals surface area (Å²) in [5.74, 6) is -0.820. The molecule has 0 saturated heterocycles. The molecule has 2 amide bonds. The Morgan fingerprint density at radius 1 is 1.07 bits per heavy atom. The van der Waals surface area contributed by atoms with Crippen LogP contribution in [0.25, 0.3) is 0 Å². The van der Waals surface area contributed by atoms with Crippen LogP contribution in [0.4, 0.5) is 4.39 Å². The number of carbonyl (C=O) groups is 2. The van der Waals surface area contributed by atoms with Crippen LogP contribution in [0.3, 0.4) is 0 Å². The molecule has 2 aromatic rings. The quantitative estimate of drug-likeness (QED) is 0.603. The summed E-state index contributed by atoms with van der Waals surface area (Å²) in [4.78, 5) is 27.5. The summed E-state index contributed by atoms with van der Waals surface area (Å²) in [5, 5.41) is 2.93. The lowest BCUT2D eigenvalue weighted by molar-refractivity contribution is -0.141. The van der Waals surface area contributed by atoms with Crippen LogP contribution in [0.2, 0.25) is 0 Å². The van der Waals surface area contributed by atoms with Gasteiger partial charge in [-0.25, -0.2) is 4.39 Å². The van der Waals surface area contributed by atoms with Crippen LogP contribution < -0.4 is 5.32 Å². The summed E-state index contributed by atoms with van der Waals surface area (Å²) in [7, 11) is 0. The van der Waals surface area contributed by atoms with Crippen LogP contribution in [0.1, 0.15) is 49.8 Å². The minimum atomic E-state index is -0.590. The zero-order valence-electron chi connectivity index (χ0n) is 17.6. The highest BCUT2D eigenvalue weighted by Crippen LogP contribution is 2.16. The number of hydrogen-bond donors (Lipinski definition) is 1. The number of unbranched alkanes of at least 4 members (excludes halogenated alkanes) is 1. The summed E-state index contributed by atoms with van der Waals surface area (Å²) in [6.45, 7) is 6.85. The van der Waals surface area contributed by atoms with Crippen LogP contribution in [-0.2, 0) is 22.6 Å². The van der Waals surface area contributed by atoms with Crippen LogP contribution in [0.15, 0.2) is 48.5 Å². The van der Waals surface area contributed by atoms with Gasteiger partial charge in [-0.15, -0.1) is 0 Å². The monoisotopic (exact) mass is 398 g/mol. The maximum absolute atomic E-state index is 14.1. The maximum Gasteiger partial charge on any atom is 0.242 e. The molecule has 2 aromatic carbocycles. The maximum atomic E-state index is 14.1. The molecule has 156 valence electrons. The molecule has 1 N–H and O–H groups in total. The van der Waals surface area contributed by atoms with Crippen molar-refractivity contribution in [2.24, 2.45) is 0 Å². The highest BCUT2D eigenvalue weighted by molar-refractivity contribution is 5.88. The summed E-state index contributed by atoms with van der Waals surface area (Å²) < 4.78 is 14.1. The van der Waals surface area contributed by atoms with Gasteiger partial charge >= 0.3 is 0 Å². The van der Waals surface area contributed by atoms with Gasteiger partial charge in [-0.3, -0.25) is 9.59 Å². The Morgan fingerprint density at radius 3 is 2.38 bits per heavy atom. The number of benzene rings is 2. The molecule has 0 spiro atoms. The standard InChI is InChI=1S/C24H31FN2O2/c1-4-6-15-26-24(29)22(5-2)27(17-19-13-11-18(3)12-14-19)23(28)16-20-9-7-8-10-21(20)25/h7-14,22H,4-6,15-17H2,1-3H3,(H,26,29)/t22-/m1/s1. The number of halogens is 1. The minimum absolute atomic E-state index is 0.0721. The van der Waals surface area contributed by atoms with Crippen molar-refractivity contribution in [3.63, 3.8) is 0 Å². The van der Waals surface area contributed by atoms with Crippen LogP contribution in [0, 0.1) is 12.7 Å². The van der Waals surface area contributed by atoms with E-state index in [9.17, 15) is 14.0 Å². The number of carbonyl (C=O) groups excluding carboxylic acids is 2. The van der Waals surface area contributed by atoms with Crippen LogP contribution >= 0.6 is 0 Å². The van der Waals surface area contributed by atoms with E-state index < -0.39 is 11.9 Å². The smallest absolute Gasteiger partial charge is 0.242 e. The molecule has 1 atom stereocenters. The predicted molar refractivity (Wildman–Crippen MR) is 114 cm³/mol. The molecule has 0 bridgehead atoms. The van der Waals surface area contributed by atoms with Gasteiger partial charge in [-0.1, -0.05) is 68.3 Å². The van der Waals surface area contributed by atoms with Crippen molar-refractivity contribution in [1.82, 2.24) is 10.2 Å². The third kappa shape index (κ3) is 6.70. The van der Waals surface area contributed by atoms with E-state index in [0.717, 1.165) is 24.0 Å². The van der Waals surface area contributed by atoms with Gasteiger partial charge in [0.25, 0.3) is 0 Å². The fraction of sp³-hybridized carbons (Fsp3) is 0.417. The fourth-order valence-corrected chi connectivity index (χ4v) is 3.22. The van der Waals surface area contributed by atoms with Crippen molar-refractivity contribution in [1.29, 1.82) is 0 Å². The van der Waals surface area contributed by atoms with E-state index >= 15 is 0 Å². The second kappa shape index (κ2) is 11.3. The zero-order chi connectivity index (χ0) is 21.2. The molecule has 0 saturated carbocycles. The highest BCUT2D eigenvalue weighted by atomic mass is 19.1. The Morgan fingerprint density at radius 2 is 1.76 bits per heavy atom. The summed E-state index contributed by atoms with van der Waals surface area (Å²) in [6, 6.07) is 13.6. The second-order valence-corrected chi connectivity index (χ2v) is 7.34. The first kappa shape index (κ1) is 22.6. The Bertz CT molecular complexity index is 805. The predicted octanol–water partition coefficient (Wildman–Crippen LogP) is 4.40. The molecule has 0 fully saturated rings. The fourth-order valence-electron chi connectivity index (χ4n) is 3.22. The van der Waals surface area contributed by atoms with Crippen LogP contribution in [-0.4, -0.2) is 29.3 Å². The van der Waals surface area contributed by atoms with Crippen molar-refractivity contribution in [2.45, 2.75) is 59.0 Å². The van der Waals surface area contributed by atoms with Crippen molar-refractivity contribution in [3.05, 3.63) is 71.0 Å². The van der Waals surface area contributed by atoms with E-state index in [1.807, 2.05) is 38.1 Å². The largest absolute Gasteiger partial charge is 0.354 e. The third-order valence-electron chi connectivity index (χ3n) is 4.99. The average Bonchev–Trinajstić information content (AvgIpc) is 2.71. The molecule has 0 radical (unpaired) electrons. The lowest BCUT2D eigenvalue weighted by atomic mass is 10.1. The van der Waals surface area contributed by atoms with Crippen molar-refractivity contribution in [3.8, 4) is 0 Å². The number of aryl methyl sites for hydroxylation is 1. The van der Waals surface area contributed by atoms with Crippen LogP contribution in [0.5, 0.6) is 0 Å². The first-order chi connectivity index (χ1) is 14.0. The van der Waals surface area contributed by atoms with Gasteiger partial charge in [0, 0.05) is 13.1 Å². The van der Waals surface area contributed by atoms with Gasteiger partial charge in [0.15, 0.2) is 0 Å². The lowest BCUT2D eigenvalue weighted by Crippen LogP contribution is -2.49. The van der Waals surface area contributed by atoms with Gasteiger partial charge in [0.05, 0.1) is 6.42 Å². The first-order valence-electron chi connectivity index (χ1n) is 10.3. The molecule has 0 aromatic heterocycles. The van der Waals surface area contributed by atoms with E-state index in [2.05, 4.69) is 12.2 Å². The van der Waals surface area contributed by atoms with Gasteiger partial charge in [0.2, 0.25) is 11.8 Å². The van der Waals surface area contributed by atoms with E-state index in [4.69, 9.17) is 0 Å². The molecule has 4 nitrogen and oxygen atoms in total. The lowest BCUT2D eigenvalue weighted by Gasteiger charge is -2.31. The Hall–Kier alpha value is -2.69. The Labute approximate surface area is 173 Å². The summed E-state index contributed by atoms with van der Waals surface area (Å²) >= 11 is 0. The SMILES string of the molecule is CCCCNC(=O)[C@@H](CC)N(Cc1ccc(C)cc1)C(=O)Cc1ccccc1F. The Balaban J connectivity index is 2.25. The van der Waals surface area contributed by atoms with Crippen molar-refractivity contribution >= 4 is 11.8 Å². The zero-order valence-corrected chi connectivity index (χ0v) is 17.6. The third-order valence-corrected chi connectivity index (χ3v) is 4.99. The Kier molecular flexibility index (Phi) is 8.84. The molecule has 2 rings (SSSR count). The number of hydrogen-bond acceptors (Lipinski definition) is 2. The van der Waals surface area contributed by atoms with Crippen molar-refractivity contribution < 1.29 is 14.0 Å². The van der Waals surface area contributed by atoms with Gasteiger partial charge < -0.3 is 10.2 Å². The molecule has 29 heavy (non-hydrogen) atoms. The number of amides is 2. The van der Waals surface area contributed by atoms with E-state index in [0.29, 0.717) is 25.1 Å². The van der Waals surface area contributed by atoms with Gasteiger partial charge in [-0.05, 0) is 37.0 Å². The summed E-state index contributed by atoms with van der Waals surface area (Å²) in [5.41, 5.74) is 2.41. The topological polar surface area (TPSA) is 49.4 Å². The molecule has 0 unspecified atom stereocenters.